The molecule has 76 valence electrons. The molecule has 0 spiro atoms. The fraction of sp³-hybridized carbons (Fsp3) is 0.909. The predicted molar refractivity (Wildman–Crippen MR) is 52.5 cm³/mol. The van der Waals surface area contributed by atoms with E-state index in [4.69, 9.17) is 5.11 Å². The number of hydrogen-bond acceptors (Lipinski definition) is 1. The van der Waals surface area contributed by atoms with Gasteiger partial charge in [0.15, 0.2) is 0 Å². The van der Waals surface area contributed by atoms with Gasteiger partial charge >= 0.3 is 5.97 Å². The third-order valence-electron chi connectivity index (χ3n) is 3.09. The highest BCUT2D eigenvalue weighted by atomic mass is 16.4. The maximum absolute atomic E-state index is 11.1. The Kier molecular flexibility index (Phi) is 2.44. The van der Waals surface area contributed by atoms with Gasteiger partial charge in [-0.05, 0) is 37.5 Å². The Hall–Kier alpha value is -0.530. The van der Waals surface area contributed by atoms with Crippen LogP contribution in [0, 0.1) is 16.7 Å². The van der Waals surface area contributed by atoms with E-state index in [0.717, 1.165) is 19.3 Å². The van der Waals surface area contributed by atoms with Crippen molar-refractivity contribution in [2.75, 3.05) is 0 Å². The average molecular weight is 184 g/mol. The minimum Gasteiger partial charge on any atom is -0.481 e. The summed E-state index contributed by atoms with van der Waals surface area (Å²) in [4.78, 5) is 11.1. The van der Waals surface area contributed by atoms with Crippen LogP contribution in [0.15, 0.2) is 0 Å². The fourth-order valence-corrected chi connectivity index (χ4v) is 3.15. The van der Waals surface area contributed by atoms with Crippen molar-refractivity contribution in [2.24, 2.45) is 16.7 Å². The van der Waals surface area contributed by atoms with Gasteiger partial charge in [0.2, 0.25) is 0 Å². The summed E-state index contributed by atoms with van der Waals surface area (Å²) < 4.78 is 0. The summed E-state index contributed by atoms with van der Waals surface area (Å²) in [6, 6.07) is 0. The minimum absolute atomic E-state index is 0.185. The van der Waals surface area contributed by atoms with Crippen molar-refractivity contribution in [2.45, 2.75) is 47.0 Å². The van der Waals surface area contributed by atoms with E-state index in [2.05, 4.69) is 20.8 Å². The predicted octanol–water partition coefficient (Wildman–Crippen LogP) is 2.92. The lowest BCUT2D eigenvalue weighted by Crippen LogP contribution is -2.40. The number of carboxylic acid groups (broad SMARTS) is 1. The molecule has 1 aliphatic rings. The van der Waals surface area contributed by atoms with Gasteiger partial charge in [-0.25, -0.2) is 0 Å². The van der Waals surface area contributed by atoms with Crippen LogP contribution in [-0.2, 0) is 4.79 Å². The maximum atomic E-state index is 11.1. The molecular formula is C11H20O2. The van der Waals surface area contributed by atoms with Crippen molar-refractivity contribution in [3.05, 3.63) is 0 Å². The van der Waals surface area contributed by atoms with E-state index in [1.807, 2.05) is 6.92 Å². The molecule has 1 rings (SSSR count). The van der Waals surface area contributed by atoms with Crippen LogP contribution in [0.4, 0.5) is 0 Å². The largest absolute Gasteiger partial charge is 0.481 e. The Morgan fingerprint density at radius 1 is 1.31 bits per heavy atom. The highest BCUT2D eigenvalue weighted by Crippen LogP contribution is 2.48. The first-order valence-corrected chi connectivity index (χ1v) is 4.99. The zero-order chi connectivity index (χ0) is 10.3. The van der Waals surface area contributed by atoms with Crippen LogP contribution < -0.4 is 0 Å². The number of hydrogen-bond donors (Lipinski definition) is 1. The summed E-state index contributed by atoms with van der Waals surface area (Å²) in [7, 11) is 0. The molecule has 2 atom stereocenters. The Labute approximate surface area is 80.3 Å². The van der Waals surface area contributed by atoms with E-state index in [0.29, 0.717) is 5.92 Å². The van der Waals surface area contributed by atoms with Crippen molar-refractivity contribution in [1.29, 1.82) is 0 Å². The van der Waals surface area contributed by atoms with Crippen molar-refractivity contribution < 1.29 is 9.90 Å². The number of carboxylic acids is 1. The van der Waals surface area contributed by atoms with Crippen LogP contribution >= 0.6 is 0 Å². The van der Waals surface area contributed by atoms with E-state index in [9.17, 15) is 4.79 Å². The van der Waals surface area contributed by atoms with Gasteiger partial charge in [-0.3, -0.25) is 4.79 Å². The van der Waals surface area contributed by atoms with Gasteiger partial charge in [0, 0.05) is 0 Å². The molecule has 0 aromatic rings. The smallest absolute Gasteiger partial charge is 0.309 e. The second kappa shape index (κ2) is 3.00. The molecule has 13 heavy (non-hydrogen) atoms. The SMILES string of the molecule is C[C@@H]1CC(C)(C)C[C@@](C)(C(=O)O)C1. The maximum Gasteiger partial charge on any atom is 0.309 e. The summed E-state index contributed by atoms with van der Waals surface area (Å²) in [5.41, 5.74) is -0.314. The third-order valence-corrected chi connectivity index (χ3v) is 3.09. The standard InChI is InChI=1S/C11H20O2/c1-8-5-10(2,3)7-11(4,6-8)9(12)13/h8H,5-7H2,1-4H3,(H,12,13)/t8-,11+/m1/s1. The molecule has 0 heterocycles. The quantitative estimate of drug-likeness (QED) is 0.680. The molecule has 0 unspecified atom stereocenters. The van der Waals surface area contributed by atoms with Gasteiger partial charge in [0.25, 0.3) is 0 Å². The van der Waals surface area contributed by atoms with Crippen LogP contribution in [0.1, 0.15) is 47.0 Å². The second-order valence-corrected chi connectivity index (χ2v) is 5.72. The first-order valence-electron chi connectivity index (χ1n) is 4.99. The van der Waals surface area contributed by atoms with E-state index in [1.165, 1.54) is 0 Å². The third kappa shape index (κ3) is 2.23. The normalized spacial score (nSPS) is 38.6. The van der Waals surface area contributed by atoms with E-state index in [1.54, 1.807) is 0 Å². The molecule has 1 fully saturated rings. The minimum atomic E-state index is -0.632. The van der Waals surface area contributed by atoms with Gasteiger partial charge in [-0.1, -0.05) is 20.8 Å². The average Bonchev–Trinajstić information content (AvgIpc) is 1.79. The van der Waals surface area contributed by atoms with Crippen LogP contribution in [0.3, 0.4) is 0 Å². The summed E-state index contributed by atoms with van der Waals surface area (Å²) >= 11 is 0. The molecular weight excluding hydrogens is 164 g/mol. The Bertz CT molecular complexity index is 220. The van der Waals surface area contributed by atoms with Crippen molar-refractivity contribution in [3.63, 3.8) is 0 Å². The van der Waals surface area contributed by atoms with Crippen molar-refractivity contribution in [3.8, 4) is 0 Å². The fourth-order valence-electron chi connectivity index (χ4n) is 3.15. The highest BCUT2D eigenvalue weighted by molar-refractivity contribution is 5.74. The summed E-state index contributed by atoms with van der Waals surface area (Å²) in [5, 5.41) is 9.15. The lowest BCUT2D eigenvalue weighted by molar-refractivity contribution is -0.153. The topological polar surface area (TPSA) is 37.3 Å². The molecule has 2 heteroatoms. The number of rotatable bonds is 1. The van der Waals surface area contributed by atoms with Gasteiger partial charge in [-0.15, -0.1) is 0 Å². The summed E-state index contributed by atoms with van der Waals surface area (Å²) in [5.74, 6) is -0.100. The van der Waals surface area contributed by atoms with Gasteiger partial charge in [-0.2, -0.15) is 0 Å². The molecule has 0 bridgehead atoms. The second-order valence-electron chi connectivity index (χ2n) is 5.72. The molecule has 0 aromatic heterocycles. The van der Waals surface area contributed by atoms with Crippen LogP contribution in [0.5, 0.6) is 0 Å². The Balaban J connectivity index is 2.84. The molecule has 0 aliphatic heterocycles. The monoisotopic (exact) mass is 184 g/mol. The molecule has 1 aliphatic carbocycles. The molecule has 1 N–H and O–H groups in total. The lowest BCUT2D eigenvalue weighted by atomic mass is 9.61. The lowest BCUT2D eigenvalue weighted by Gasteiger charge is -2.43. The van der Waals surface area contributed by atoms with E-state index in [-0.39, 0.29) is 5.41 Å². The Morgan fingerprint density at radius 3 is 2.23 bits per heavy atom. The van der Waals surface area contributed by atoms with Gasteiger partial charge in [0.05, 0.1) is 5.41 Å². The number of aliphatic carboxylic acids is 1. The van der Waals surface area contributed by atoms with Crippen molar-refractivity contribution >= 4 is 5.97 Å². The van der Waals surface area contributed by atoms with E-state index >= 15 is 0 Å². The van der Waals surface area contributed by atoms with Crippen LogP contribution in [0.2, 0.25) is 0 Å². The first-order chi connectivity index (χ1) is 5.75. The zero-order valence-corrected chi connectivity index (χ0v) is 9.05. The van der Waals surface area contributed by atoms with Crippen LogP contribution in [0.25, 0.3) is 0 Å². The summed E-state index contributed by atoms with van der Waals surface area (Å²) in [6.07, 6.45) is 2.78. The van der Waals surface area contributed by atoms with Crippen LogP contribution in [-0.4, -0.2) is 11.1 Å². The van der Waals surface area contributed by atoms with Gasteiger partial charge in [0.1, 0.15) is 0 Å². The molecule has 0 radical (unpaired) electrons. The number of carbonyl (C=O) groups is 1. The molecule has 2 nitrogen and oxygen atoms in total. The van der Waals surface area contributed by atoms with Crippen molar-refractivity contribution in [1.82, 2.24) is 0 Å². The molecule has 1 saturated carbocycles. The molecule has 0 aromatic carbocycles. The first kappa shape index (κ1) is 10.6. The highest BCUT2D eigenvalue weighted by Gasteiger charge is 2.44. The molecule has 0 amide bonds. The zero-order valence-electron chi connectivity index (χ0n) is 9.05. The van der Waals surface area contributed by atoms with Gasteiger partial charge < -0.3 is 5.11 Å². The van der Waals surface area contributed by atoms with E-state index < -0.39 is 11.4 Å². The Morgan fingerprint density at radius 2 is 1.85 bits per heavy atom. The molecule has 0 saturated heterocycles. The summed E-state index contributed by atoms with van der Waals surface area (Å²) in [6.45, 7) is 8.38.